The van der Waals surface area contributed by atoms with Crippen molar-refractivity contribution in [1.29, 1.82) is 0 Å². The minimum Gasteiger partial charge on any atom is -0.336 e. The summed E-state index contributed by atoms with van der Waals surface area (Å²) in [7, 11) is 0. The first-order valence-corrected chi connectivity index (χ1v) is 7.32. The quantitative estimate of drug-likeness (QED) is 0.780. The number of nitrogens with one attached hydrogen (secondary N) is 1. The van der Waals surface area contributed by atoms with Gasteiger partial charge in [-0.2, -0.15) is 0 Å². The van der Waals surface area contributed by atoms with Crippen LogP contribution in [0.4, 0.5) is 0 Å². The Morgan fingerprint density at radius 3 is 3.10 bits per heavy atom. The van der Waals surface area contributed by atoms with E-state index in [0.717, 1.165) is 28.9 Å². The molecule has 0 aliphatic rings. The van der Waals surface area contributed by atoms with Gasteiger partial charge in [-0.05, 0) is 35.0 Å². The van der Waals surface area contributed by atoms with Gasteiger partial charge in [-0.1, -0.05) is 0 Å². The monoisotopic (exact) mass is 333 g/mol. The minimum absolute atomic E-state index is 0.363. The Labute approximate surface area is 125 Å². The maximum atomic E-state index is 4.40. The smallest absolute Gasteiger partial charge is 0.136 e. The summed E-state index contributed by atoms with van der Waals surface area (Å²) in [5.41, 5.74) is 2.12. The Morgan fingerprint density at radius 1 is 1.40 bits per heavy atom. The molecular formula is C14H16BrN5. The molecule has 0 bridgehead atoms. The van der Waals surface area contributed by atoms with Crippen LogP contribution in [0.2, 0.25) is 0 Å². The third kappa shape index (κ3) is 2.91. The largest absolute Gasteiger partial charge is 0.336 e. The number of hydrogen-bond donors (Lipinski definition) is 1. The van der Waals surface area contributed by atoms with E-state index in [4.69, 9.17) is 0 Å². The Morgan fingerprint density at radius 2 is 2.30 bits per heavy atom. The standard InChI is InChI=1S/C14H16BrN5/c1-11(8-19-5-4-16-10-19)17-6-13-7-18-14-3-2-12(15)9-20(13)14/h2-5,7,9-11,17H,6,8H2,1H3. The van der Waals surface area contributed by atoms with Gasteiger partial charge in [-0.3, -0.25) is 0 Å². The van der Waals surface area contributed by atoms with Crippen LogP contribution in [-0.4, -0.2) is 25.0 Å². The summed E-state index contributed by atoms with van der Waals surface area (Å²) in [5.74, 6) is 0. The molecule has 0 fully saturated rings. The summed E-state index contributed by atoms with van der Waals surface area (Å²) in [6.45, 7) is 3.85. The van der Waals surface area contributed by atoms with Gasteiger partial charge in [-0.15, -0.1) is 0 Å². The highest BCUT2D eigenvalue weighted by Gasteiger charge is 2.06. The molecule has 5 nitrogen and oxygen atoms in total. The molecule has 3 aromatic heterocycles. The summed E-state index contributed by atoms with van der Waals surface area (Å²) < 4.78 is 5.22. The van der Waals surface area contributed by atoms with E-state index in [1.807, 2.05) is 37.1 Å². The van der Waals surface area contributed by atoms with Crippen LogP contribution in [-0.2, 0) is 13.1 Å². The van der Waals surface area contributed by atoms with Crippen LogP contribution in [0.5, 0.6) is 0 Å². The number of nitrogens with zero attached hydrogens (tertiary/aromatic N) is 4. The lowest BCUT2D eigenvalue weighted by atomic mass is 10.3. The second-order valence-electron chi connectivity index (χ2n) is 4.87. The Bertz CT molecular complexity index is 689. The van der Waals surface area contributed by atoms with Crippen LogP contribution in [0.3, 0.4) is 0 Å². The maximum absolute atomic E-state index is 4.40. The van der Waals surface area contributed by atoms with E-state index in [0.29, 0.717) is 6.04 Å². The molecule has 1 unspecified atom stereocenters. The topological polar surface area (TPSA) is 47.2 Å². The van der Waals surface area contributed by atoms with Gasteiger partial charge in [0, 0.05) is 42.2 Å². The molecule has 0 saturated carbocycles. The van der Waals surface area contributed by atoms with E-state index in [2.05, 4.69) is 47.1 Å². The van der Waals surface area contributed by atoms with E-state index in [1.54, 1.807) is 6.20 Å². The van der Waals surface area contributed by atoms with Crippen LogP contribution < -0.4 is 5.32 Å². The number of imidazole rings is 2. The van der Waals surface area contributed by atoms with Crippen molar-refractivity contribution in [1.82, 2.24) is 24.3 Å². The zero-order valence-corrected chi connectivity index (χ0v) is 12.8. The molecule has 1 N–H and O–H groups in total. The van der Waals surface area contributed by atoms with Crippen LogP contribution in [0, 0.1) is 0 Å². The van der Waals surface area contributed by atoms with Crippen molar-refractivity contribution in [3.05, 3.63) is 53.4 Å². The summed E-state index contributed by atoms with van der Waals surface area (Å²) in [6.07, 6.45) is 9.57. The number of pyridine rings is 1. The van der Waals surface area contributed by atoms with Crippen molar-refractivity contribution in [3.63, 3.8) is 0 Å². The van der Waals surface area contributed by atoms with E-state index in [9.17, 15) is 0 Å². The number of aromatic nitrogens is 4. The first kappa shape index (κ1) is 13.3. The van der Waals surface area contributed by atoms with Crippen molar-refractivity contribution in [2.75, 3.05) is 0 Å². The highest BCUT2D eigenvalue weighted by Crippen LogP contribution is 2.13. The highest BCUT2D eigenvalue weighted by atomic mass is 79.9. The average molecular weight is 334 g/mol. The maximum Gasteiger partial charge on any atom is 0.136 e. The summed E-state index contributed by atoms with van der Waals surface area (Å²) >= 11 is 3.49. The lowest BCUT2D eigenvalue weighted by Crippen LogP contribution is -2.30. The number of rotatable bonds is 5. The first-order chi connectivity index (χ1) is 9.72. The van der Waals surface area contributed by atoms with E-state index in [-0.39, 0.29) is 0 Å². The fraction of sp³-hybridized carbons (Fsp3) is 0.286. The van der Waals surface area contributed by atoms with Gasteiger partial charge in [0.1, 0.15) is 5.65 Å². The molecule has 0 radical (unpaired) electrons. The molecule has 20 heavy (non-hydrogen) atoms. The Balaban J connectivity index is 1.66. The van der Waals surface area contributed by atoms with Gasteiger partial charge < -0.3 is 14.3 Å². The lowest BCUT2D eigenvalue weighted by molar-refractivity contribution is 0.472. The average Bonchev–Trinajstić information content (AvgIpc) is 3.05. The van der Waals surface area contributed by atoms with Crippen molar-refractivity contribution >= 4 is 21.6 Å². The highest BCUT2D eigenvalue weighted by molar-refractivity contribution is 9.10. The predicted molar refractivity (Wildman–Crippen MR) is 81.4 cm³/mol. The molecule has 0 spiro atoms. The van der Waals surface area contributed by atoms with Gasteiger partial charge in [0.25, 0.3) is 0 Å². The molecule has 1 atom stereocenters. The van der Waals surface area contributed by atoms with Crippen molar-refractivity contribution in [2.24, 2.45) is 0 Å². The Kier molecular flexibility index (Phi) is 3.84. The molecule has 0 amide bonds. The van der Waals surface area contributed by atoms with Crippen molar-refractivity contribution in [2.45, 2.75) is 26.1 Å². The molecule has 0 aliphatic carbocycles. The van der Waals surface area contributed by atoms with E-state index in [1.165, 1.54) is 0 Å². The predicted octanol–water partition coefficient (Wildman–Crippen LogP) is 2.47. The van der Waals surface area contributed by atoms with Crippen LogP contribution >= 0.6 is 15.9 Å². The van der Waals surface area contributed by atoms with Gasteiger partial charge in [0.05, 0.1) is 18.2 Å². The van der Waals surface area contributed by atoms with Crippen molar-refractivity contribution in [3.8, 4) is 0 Å². The van der Waals surface area contributed by atoms with E-state index >= 15 is 0 Å². The zero-order chi connectivity index (χ0) is 13.9. The van der Waals surface area contributed by atoms with Crippen LogP contribution in [0.15, 0.2) is 47.7 Å². The SMILES string of the molecule is CC(Cn1ccnc1)NCc1cnc2ccc(Br)cn12. The van der Waals surface area contributed by atoms with Crippen molar-refractivity contribution < 1.29 is 0 Å². The molecule has 3 rings (SSSR count). The van der Waals surface area contributed by atoms with Gasteiger partial charge >= 0.3 is 0 Å². The third-order valence-electron chi connectivity index (χ3n) is 3.22. The summed E-state index contributed by atoms with van der Waals surface area (Å²) in [6, 6.07) is 4.37. The number of fused-ring (bicyclic) bond motifs is 1. The number of halogens is 1. The number of hydrogen-bond acceptors (Lipinski definition) is 3. The molecule has 0 aliphatic heterocycles. The second kappa shape index (κ2) is 5.76. The molecule has 0 aromatic carbocycles. The van der Waals surface area contributed by atoms with Gasteiger partial charge in [0.15, 0.2) is 0 Å². The first-order valence-electron chi connectivity index (χ1n) is 6.53. The zero-order valence-electron chi connectivity index (χ0n) is 11.2. The normalized spacial score (nSPS) is 12.9. The van der Waals surface area contributed by atoms with E-state index < -0.39 is 0 Å². The van der Waals surface area contributed by atoms with Crippen LogP contribution in [0.25, 0.3) is 5.65 Å². The molecule has 104 valence electrons. The molecule has 3 aromatic rings. The third-order valence-corrected chi connectivity index (χ3v) is 3.69. The summed E-state index contributed by atoms with van der Waals surface area (Å²) in [4.78, 5) is 8.45. The van der Waals surface area contributed by atoms with Gasteiger partial charge in [-0.25, -0.2) is 9.97 Å². The second-order valence-corrected chi connectivity index (χ2v) is 5.78. The van der Waals surface area contributed by atoms with Gasteiger partial charge in [0.2, 0.25) is 0 Å². The fourth-order valence-electron chi connectivity index (χ4n) is 2.19. The molecule has 6 heteroatoms. The van der Waals surface area contributed by atoms with Crippen LogP contribution in [0.1, 0.15) is 12.6 Å². The Hall–Kier alpha value is -1.66. The molecule has 0 saturated heterocycles. The molecular weight excluding hydrogens is 318 g/mol. The lowest BCUT2D eigenvalue weighted by Gasteiger charge is -2.14. The minimum atomic E-state index is 0.363. The summed E-state index contributed by atoms with van der Waals surface area (Å²) in [5, 5.41) is 3.51. The fourth-order valence-corrected chi connectivity index (χ4v) is 2.53. The molecule has 3 heterocycles.